The first-order chi connectivity index (χ1) is 15.6. The van der Waals surface area contributed by atoms with Crippen molar-refractivity contribution >= 4 is 40.2 Å². The fourth-order valence-corrected chi connectivity index (χ4v) is 4.36. The Morgan fingerprint density at radius 3 is 2.41 bits per heavy atom. The van der Waals surface area contributed by atoms with Gasteiger partial charge in [-0.15, -0.1) is 11.8 Å². The fraction of sp³-hybridized carbons (Fsp3) is 0.154. The van der Waals surface area contributed by atoms with Crippen LogP contribution in [0.3, 0.4) is 0 Å². The van der Waals surface area contributed by atoms with Crippen LogP contribution in [0.2, 0.25) is 0 Å². The van der Waals surface area contributed by atoms with Crippen molar-refractivity contribution in [3.63, 3.8) is 0 Å². The Bertz CT molecular complexity index is 1220. The van der Waals surface area contributed by atoms with E-state index in [1.165, 1.54) is 11.8 Å². The normalized spacial score (nSPS) is 10.8. The number of para-hydroxylation sites is 2. The van der Waals surface area contributed by atoms with E-state index in [4.69, 9.17) is 0 Å². The third kappa shape index (κ3) is 5.39. The number of amides is 2. The van der Waals surface area contributed by atoms with Gasteiger partial charge in [-0.2, -0.15) is 0 Å². The lowest BCUT2D eigenvalue weighted by molar-refractivity contribution is -0.113. The van der Waals surface area contributed by atoms with Gasteiger partial charge in [0.05, 0.1) is 5.75 Å². The smallest absolute Gasteiger partial charge is 0.251 e. The number of thioether (sulfide) groups is 1. The summed E-state index contributed by atoms with van der Waals surface area (Å²) in [5, 5.41) is 7.01. The molecule has 2 amide bonds. The molecule has 0 radical (unpaired) electrons. The van der Waals surface area contributed by atoms with Gasteiger partial charge in [-0.1, -0.05) is 54.1 Å². The summed E-state index contributed by atoms with van der Waals surface area (Å²) in [5.41, 5.74) is 3.67. The van der Waals surface area contributed by atoms with Crippen LogP contribution in [0.1, 0.15) is 15.9 Å². The lowest BCUT2D eigenvalue weighted by atomic mass is 10.1. The van der Waals surface area contributed by atoms with Crippen molar-refractivity contribution in [2.45, 2.75) is 18.4 Å². The van der Waals surface area contributed by atoms with E-state index in [-0.39, 0.29) is 11.8 Å². The molecule has 1 heterocycles. The monoisotopic (exact) mass is 443 g/mol. The molecular weight excluding hydrogens is 418 g/mol. The van der Waals surface area contributed by atoms with Gasteiger partial charge in [-0.25, -0.2) is 0 Å². The molecule has 0 unspecified atom stereocenters. The van der Waals surface area contributed by atoms with Crippen LogP contribution in [0.25, 0.3) is 10.9 Å². The Balaban J connectivity index is 1.38. The third-order valence-electron chi connectivity index (χ3n) is 5.12. The second-order valence-electron chi connectivity index (χ2n) is 7.53. The first kappa shape index (κ1) is 21.7. The van der Waals surface area contributed by atoms with E-state index in [9.17, 15) is 9.59 Å². The summed E-state index contributed by atoms with van der Waals surface area (Å²) in [6, 6.07) is 25.1. The van der Waals surface area contributed by atoms with Gasteiger partial charge in [-0.3, -0.25) is 9.59 Å². The minimum atomic E-state index is -0.0753. The molecule has 0 saturated heterocycles. The van der Waals surface area contributed by atoms with Crippen LogP contribution in [-0.2, 0) is 11.3 Å². The van der Waals surface area contributed by atoms with Gasteiger partial charge in [-0.05, 0) is 37.3 Å². The Morgan fingerprint density at radius 2 is 1.62 bits per heavy atom. The highest BCUT2D eigenvalue weighted by Gasteiger charge is 2.11. The maximum Gasteiger partial charge on any atom is 0.251 e. The van der Waals surface area contributed by atoms with E-state index in [0.717, 1.165) is 27.0 Å². The Kier molecular flexibility index (Phi) is 6.92. The molecule has 0 spiro atoms. The highest BCUT2D eigenvalue weighted by molar-refractivity contribution is 8.00. The molecule has 3 aromatic carbocycles. The van der Waals surface area contributed by atoms with Crippen molar-refractivity contribution < 1.29 is 9.59 Å². The van der Waals surface area contributed by atoms with E-state index >= 15 is 0 Å². The van der Waals surface area contributed by atoms with Gasteiger partial charge >= 0.3 is 0 Å². The quantitative estimate of drug-likeness (QED) is 0.372. The van der Waals surface area contributed by atoms with E-state index in [1.807, 2.05) is 73.7 Å². The van der Waals surface area contributed by atoms with Crippen LogP contribution in [-0.4, -0.2) is 28.7 Å². The van der Waals surface area contributed by atoms with Gasteiger partial charge in [0.1, 0.15) is 0 Å². The number of benzene rings is 3. The van der Waals surface area contributed by atoms with E-state index in [2.05, 4.69) is 33.5 Å². The Labute approximate surface area is 191 Å². The number of carbonyl (C=O) groups is 2. The molecule has 32 heavy (non-hydrogen) atoms. The molecule has 0 aliphatic carbocycles. The van der Waals surface area contributed by atoms with E-state index < -0.39 is 0 Å². The molecule has 162 valence electrons. The van der Waals surface area contributed by atoms with Gasteiger partial charge in [0.2, 0.25) is 5.91 Å². The summed E-state index contributed by atoms with van der Waals surface area (Å²) < 4.78 is 2.13. The fourth-order valence-electron chi connectivity index (χ4n) is 3.47. The molecule has 4 aromatic rings. The van der Waals surface area contributed by atoms with Crippen molar-refractivity contribution in [1.29, 1.82) is 0 Å². The van der Waals surface area contributed by atoms with Crippen LogP contribution < -0.4 is 10.6 Å². The lowest BCUT2D eigenvalue weighted by Gasteiger charge is -2.08. The number of hydrogen-bond acceptors (Lipinski definition) is 3. The third-order valence-corrected chi connectivity index (χ3v) is 6.16. The highest BCUT2D eigenvalue weighted by Crippen LogP contribution is 2.30. The van der Waals surface area contributed by atoms with Crippen molar-refractivity contribution in [1.82, 2.24) is 9.88 Å². The number of rotatable bonds is 8. The number of carbonyl (C=O) groups excluding carboxylic acids is 2. The standard InChI is InChI=1S/C26H25N3O2S/c1-19-11-13-20(14-12-19)26(31)27-15-16-29-17-24(22-9-5-6-10-23(22)29)32-18-25(30)28-21-7-3-2-4-8-21/h2-14,17H,15-16,18H2,1H3,(H,27,31)(H,28,30). The molecule has 2 N–H and O–H groups in total. The van der Waals surface area contributed by atoms with Gasteiger partial charge < -0.3 is 15.2 Å². The molecule has 6 heteroatoms. The maximum atomic E-state index is 12.4. The van der Waals surface area contributed by atoms with Crippen molar-refractivity contribution in [3.8, 4) is 0 Å². The maximum absolute atomic E-state index is 12.4. The number of aryl methyl sites for hydroxylation is 1. The summed E-state index contributed by atoms with van der Waals surface area (Å²) in [5.74, 6) is 0.213. The van der Waals surface area contributed by atoms with Gasteiger partial charge in [0.15, 0.2) is 0 Å². The Hall–Kier alpha value is -3.51. The summed E-state index contributed by atoms with van der Waals surface area (Å²) in [7, 11) is 0. The average molecular weight is 444 g/mol. The van der Waals surface area contributed by atoms with Crippen molar-refractivity contribution in [2.24, 2.45) is 0 Å². The predicted molar refractivity (Wildman–Crippen MR) is 131 cm³/mol. The number of anilines is 1. The molecule has 4 rings (SSSR count). The van der Waals surface area contributed by atoms with Crippen LogP contribution in [0.5, 0.6) is 0 Å². The summed E-state index contributed by atoms with van der Waals surface area (Å²) >= 11 is 1.52. The van der Waals surface area contributed by atoms with Crippen LogP contribution in [0.4, 0.5) is 5.69 Å². The number of fused-ring (bicyclic) bond motifs is 1. The van der Waals surface area contributed by atoms with E-state index in [0.29, 0.717) is 24.4 Å². The largest absolute Gasteiger partial charge is 0.350 e. The Morgan fingerprint density at radius 1 is 0.906 bits per heavy atom. The summed E-state index contributed by atoms with van der Waals surface area (Å²) in [6.45, 7) is 3.17. The van der Waals surface area contributed by atoms with Gasteiger partial charge in [0, 0.05) is 46.3 Å². The average Bonchev–Trinajstić information content (AvgIpc) is 3.16. The first-order valence-electron chi connectivity index (χ1n) is 10.5. The number of nitrogens with one attached hydrogen (secondary N) is 2. The number of hydrogen-bond donors (Lipinski definition) is 2. The van der Waals surface area contributed by atoms with E-state index in [1.54, 1.807) is 0 Å². The van der Waals surface area contributed by atoms with Crippen LogP contribution >= 0.6 is 11.8 Å². The van der Waals surface area contributed by atoms with Crippen molar-refractivity contribution in [3.05, 3.63) is 96.2 Å². The molecule has 0 fully saturated rings. The zero-order chi connectivity index (χ0) is 22.3. The minimum Gasteiger partial charge on any atom is -0.350 e. The molecule has 0 saturated carbocycles. The SMILES string of the molecule is Cc1ccc(C(=O)NCCn2cc(SCC(=O)Nc3ccccc3)c3ccccc32)cc1. The zero-order valence-corrected chi connectivity index (χ0v) is 18.7. The number of nitrogens with zero attached hydrogens (tertiary/aromatic N) is 1. The molecule has 0 aliphatic rings. The van der Waals surface area contributed by atoms with Crippen molar-refractivity contribution in [2.75, 3.05) is 17.6 Å². The molecule has 0 aliphatic heterocycles. The van der Waals surface area contributed by atoms with Gasteiger partial charge in [0.25, 0.3) is 5.91 Å². The second kappa shape index (κ2) is 10.2. The topological polar surface area (TPSA) is 63.1 Å². The first-order valence-corrected chi connectivity index (χ1v) is 11.5. The molecule has 5 nitrogen and oxygen atoms in total. The second-order valence-corrected chi connectivity index (χ2v) is 8.55. The minimum absolute atomic E-state index is 0.0385. The molecule has 1 aromatic heterocycles. The van der Waals surface area contributed by atoms with Crippen LogP contribution in [0.15, 0.2) is 90.0 Å². The molecular formula is C26H25N3O2S. The summed E-state index contributed by atoms with van der Waals surface area (Å²) in [6.07, 6.45) is 2.06. The predicted octanol–water partition coefficient (Wildman–Crippen LogP) is 5.11. The molecule has 0 bridgehead atoms. The zero-order valence-electron chi connectivity index (χ0n) is 17.9. The molecule has 0 atom stereocenters. The number of aromatic nitrogens is 1. The van der Waals surface area contributed by atoms with Crippen LogP contribution in [0, 0.1) is 6.92 Å². The lowest BCUT2D eigenvalue weighted by Crippen LogP contribution is -2.27. The summed E-state index contributed by atoms with van der Waals surface area (Å²) in [4.78, 5) is 25.8. The highest BCUT2D eigenvalue weighted by atomic mass is 32.2.